The molecule has 0 aromatic heterocycles. The lowest BCUT2D eigenvalue weighted by Gasteiger charge is -2.26. The minimum atomic E-state index is 0.853. The molecule has 0 N–H and O–H groups in total. The van der Waals surface area contributed by atoms with E-state index in [4.69, 9.17) is 0 Å². The summed E-state index contributed by atoms with van der Waals surface area (Å²) in [4.78, 5) is 0. The Morgan fingerprint density at radius 2 is 1.17 bits per heavy atom. The first-order chi connectivity index (χ1) is 8.40. The van der Waals surface area contributed by atoms with E-state index >= 15 is 0 Å². The quantitative estimate of drug-likeness (QED) is 0.415. The van der Waals surface area contributed by atoms with E-state index in [1.807, 2.05) is 0 Å². The van der Waals surface area contributed by atoms with E-state index in [1.54, 1.807) is 0 Å². The van der Waals surface area contributed by atoms with Crippen LogP contribution in [-0.4, -0.2) is 0 Å². The molecule has 0 heteroatoms. The molecular weight excluding hydrogens is 216 g/mol. The third-order valence-corrected chi connectivity index (χ3v) is 4.56. The predicted octanol–water partition coefficient (Wildman–Crippen LogP) is 6.55. The molecule has 0 fully saturated rings. The average molecular weight is 255 g/mol. The molecular formula is C18H38. The maximum absolute atomic E-state index is 2.46. The lowest BCUT2D eigenvalue weighted by atomic mass is 9.80. The van der Waals surface area contributed by atoms with Crippen molar-refractivity contribution in [2.45, 2.75) is 87.0 Å². The molecule has 110 valence electrons. The minimum Gasteiger partial charge on any atom is -0.0654 e. The van der Waals surface area contributed by atoms with Gasteiger partial charge in [0.25, 0.3) is 0 Å². The first-order valence-corrected chi connectivity index (χ1v) is 8.40. The Morgan fingerprint density at radius 3 is 1.61 bits per heavy atom. The first kappa shape index (κ1) is 18.0. The predicted molar refractivity (Wildman–Crippen MR) is 84.9 cm³/mol. The molecule has 0 aromatic carbocycles. The summed E-state index contributed by atoms with van der Waals surface area (Å²) in [6.07, 6.45) is 8.38. The topological polar surface area (TPSA) is 0 Å². The Balaban J connectivity index is 3.95. The van der Waals surface area contributed by atoms with Crippen LogP contribution in [0.1, 0.15) is 87.0 Å². The van der Waals surface area contributed by atoms with Crippen LogP contribution >= 0.6 is 0 Å². The van der Waals surface area contributed by atoms with E-state index in [0.717, 1.165) is 29.6 Å². The van der Waals surface area contributed by atoms with Crippen molar-refractivity contribution in [1.82, 2.24) is 0 Å². The van der Waals surface area contributed by atoms with E-state index in [2.05, 4.69) is 48.5 Å². The molecule has 0 spiro atoms. The van der Waals surface area contributed by atoms with Crippen molar-refractivity contribution in [2.75, 3.05) is 0 Å². The lowest BCUT2D eigenvalue weighted by Crippen LogP contribution is -2.14. The van der Waals surface area contributed by atoms with Gasteiger partial charge in [0.15, 0.2) is 0 Å². The van der Waals surface area contributed by atoms with Gasteiger partial charge in [0.05, 0.1) is 0 Å². The summed E-state index contributed by atoms with van der Waals surface area (Å²) >= 11 is 0. The second-order valence-electron chi connectivity index (χ2n) is 7.22. The molecule has 0 radical (unpaired) electrons. The summed E-state index contributed by atoms with van der Waals surface area (Å²) in [5, 5.41) is 0. The Hall–Kier alpha value is 0. The molecule has 0 aliphatic heterocycles. The highest BCUT2D eigenvalue weighted by atomic mass is 14.2. The van der Waals surface area contributed by atoms with Crippen molar-refractivity contribution in [3.63, 3.8) is 0 Å². The third kappa shape index (κ3) is 8.16. The fourth-order valence-electron chi connectivity index (χ4n) is 3.60. The number of rotatable bonds is 10. The highest BCUT2D eigenvalue weighted by Crippen LogP contribution is 2.29. The summed E-state index contributed by atoms with van der Waals surface area (Å²) in [5.41, 5.74) is 0. The average Bonchev–Trinajstić information content (AvgIpc) is 2.25. The Labute approximate surface area is 117 Å². The smallest absolute Gasteiger partial charge is 0.0391 e. The molecule has 0 saturated carbocycles. The van der Waals surface area contributed by atoms with Crippen LogP contribution in [-0.2, 0) is 0 Å². The highest BCUT2D eigenvalue weighted by Gasteiger charge is 2.17. The largest absolute Gasteiger partial charge is 0.0654 e. The van der Waals surface area contributed by atoms with E-state index in [1.165, 1.54) is 38.5 Å². The van der Waals surface area contributed by atoms with Gasteiger partial charge in [-0.3, -0.25) is 0 Å². The zero-order chi connectivity index (χ0) is 14.1. The van der Waals surface area contributed by atoms with E-state index in [-0.39, 0.29) is 0 Å². The summed E-state index contributed by atoms with van der Waals surface area (Å²) in [5.74, 6) is 4.52. The fraction of sp³-hybridized carbons (Fsp3) is 1.00. The van der Waals surface area contributed by atoms with Crippen molar-refractivity contribution in [1.29, 1.82) is 0 Å². The highest BCUT2D eigenvalue weighted by molar-refractivity contribution is 4.69. The molecule has 0 aliphatic carbocycles. The van der Waals surface area contributed by atoms with Gasteiger partial charge in [-0.25, -0.2) is 0 Å². The molecule has 0 nitrogen and oxygen atoms in total. The van der Waals surface area contributed by atoms with Gasteiger partial charge in [0.1, 0.15) is 0 Å². The lowest BCUT2D eigenvalue weighted by molar-refractivity contribution is 0.256. The summed E-state index contributed by atoms with van der Waals surface area (Å²) in [6.45, 7) is 16.8. The maximum atomic E-state index is 2.46. The van der Waals surface area contributed by atoms with Gasteiger partial charge in [0.2, 0.25) is 0 Å². The Morgan fingerprint density at radius 1 is 0.667 bits per heavy atom. The van der Waals surface area contributed by atoms with Gasteiger partial charge in [0, 0.05) is 0 Å². The van der Waals surface area contributed by atoms with Gasteiger partial charge in [-0.2, -0.15) is 0 Å². The summed E-state index contributed by atoms with van der Waals surface area (Å²) in [6, 6.07) is 0. The van der Waals surface area contributed by atoms with Crippen molar-refractivity contribution < 1.29 is 0 Å². The molecule has 0 amide bonds. The van der Waals surface area contributed by atoms with Gasteiger partial charge in [-0.15, -0.1) is 0 Å². The molecule has 0 heterocycles. The second kappa shape index (κ2) is 9.87. The van der Waals surface area contributed by atoms with Crippen molar-refractivity contribution in [3.05, 3.63) is 0 Å². The van der Waals surface area contributed by atoms with Crippen molar-refractivity contribution in [3.8, 4) is 0 Å². The molecule has 4 unspecified atom stereocenters. The van der Waals surface area contributed by atoms with Crippen LogP contribution in [0.15, 0.2) is 0 Å². The van der Waals surface area contributed by atoms with Crippen LogP contribution in [0.25, 0.3) is 0 Å². The van der Waals surface area contributed by atoms with Gasteiger partial charge < -0.3 is 0 Å². The maximum Gasteiger partial charge on any atom is -0.0391 e. The van der Waals surface area contributed by atoms with Crippen molar-refractivity contribution in [2.24, 2.45) is 29.6 Å². The molecule has 4 atom stereocenters. The fourth-order valence-corrected chi connectivity index (χ4v) is 3.60. The third-order valence-electron chi connectivity index (χ3n) is 4.56. The summed E-state index contributed by atoms with van der Waals surface area (Å²) < 4.78 is 0. The van der Waals surface area contributed by atoms with Gasteiger partial charge in [-0.05, 0) is 48.9 Å². The van der Waals surface area contributed by atoms with Gasteiger partial charge in [-0.1, -0.05) is 67.7 Å². The Kier molecular flexibility index (Phi) is 9.87. The molecule has 0 bridgehead atoms. The van der Waals surface area contributed by atoms with Gasteiger partial charge >= 0.3 is 0 Å². The minimum absolute atomic E-state index is 0.853. The van der Waals surface area contributed by atoms with Crippen LogP contribution in [0.3, 0.4) is 0 Å². The van der Waals surface area contributed by atoms with Crippen LogP contribution in [0.2, 0.25) is 0 Å². The molecule has 18 heavy (non-hydrogen) atoms. The van der Waals surface area contributed by atoms with Crippen molar-refractivity contribution >= 4 is 0 Å². The normalized spacial score (nSPS) is 18.7. The standard InChI is InChI=1S/C18H38/c1-8-10-15(5)11-16(6)12-17(7)13-18(9-2)14(3)4/h14-18H,8-13H2,1-7H3. The molecule has 0 rings (SSSR count). The van der Waals surface area contributed by atoms with E-state index in [0.29, 0.717) is 0 Å². The first-order valence-electron chi connectivity index (χ1n) is 8.40. The van der Waals surface area contributed by atoms with Crippen LogP contribution in [0, 0.1) is 29.6 Å². The SMILES string of the molecule is CCCC(C)CC(C)CC(C)CC(CC)C(C)C. The van der Waals surface area contributed by atoms with Crippen LogP contribution < -0.4 is 0 Å². The Bertz CT molecular complexity index is 182. The zero-order valence-electron chi connectivity index (χ0n) is 14.1. The second-order valence-corrected chi connectivity index (χ2v) is 7.22. The molecule has 0 aliphatic rings. The molecule has 0 saturated heterocycles. The summed E-state index contributed by atoms with van der Waals surface area (Å²) in [7, 11) is 0. The number of hydrogen-bond acceptors (Lipinski definition) is 0. The van der Waals surface area contributed by atoms with E-state index in [9.17, 15) is 0 Å². The molecule has 0 aromatic rings. The van der Waals surface area contributed by atoms with E-state index < -0.39 is 0 Å². The van der Waals surface area contributed by atoms with Crippen LogP contribution in [0.4, 0.5) is 0 Å². The monoisotopic (exact) mass is 254 g/mol. The van der Waals surface area contributed by atoms with Crippen LogP contribution in [0.5, 0.6) is 0 Å². The zero-order valence-corrected chi connectivity index (χ0v) is 14.1. The number of hydrogen-bond donors (Lipinski definition) is 0.